The molecule has 1 aliphatic heterocycles. The lowest BCUT2D eigenvalue weighted by molar-refractivity contribution is 0.0570. The predicted molar refractivity (Wildman–Crippen MR) is 102 cm³/mol. The third-order valence-electron chi connectivity index (χ3n) is 4.52. The van der Waals surface area contributed by atoms with E-state index in [2.05, 4.69) is 10.3 Å². The number of hydrogen-bond donors (Lipinski definition) is 1. The Bertz CT molecular complexity index is 838. The molecule has 1 fully saturated rings. The molecule has 7 nitrogen and oxygen atoms in total. The van der Waals surface area contributed by atoms with Crippen LogP contribution in [0.1, 0.15) is 22.8 Å². The van der Waals surface area contributed by atoms with Gasteiger partial charge in [0.15, 0.2) is 0 Å². The minimum absolute atomic E-state index is 0.125. The molecule has 2 aromatic rings. The van der Waals surface area contributed by atoms with Crippen molar-refractivity contribution in [3.63, 3.8) is 0 Å². The average molecular weight is 386 g/mol. The van der Waals surface area contributed by atoms with E-state index < -0.39 is 0 Å². The number of halogens is 1. The summed E-state index contributed by atoms with van der Waals surface area (Å²) in [7, 11) is 0. The number of rotatable bonds is 5. The molecule has 8 heteroatoms. The van der Waals surface area contributed by atoms with E-state index in [4.69, 9.17) is 4.74 Å². The van der Waals surface area contributed by atoms with Crippen LogP contribution in [-0.4, -0.2) is 59.6 Å². The van der Waals surface area contributed by atoms with Crippen molar-refractivity contribution in [3.05, 3.63) is 59.5 Å². The molecule has 0 bridgehead atoms. The normalized spacial score (nSPS) is 13.9. The van der Waals surface area contributed by atoms with Gasteiger partial charge >= 0.3 is 6.09 Å². The highest BCUT2D eigenvalue weighted by atomic mass is 19.1. The molecule has 0 spiro atoms. The van der Waals surface area contributed by atoms with Gasteiger partial charge < -0.3 is 19.9 Å². The second-order valence-electron chi connectivity index (χ2n) is 6.35. The summed E-state index contributed by atoms with van der Waals surface area (Å²) in [5, 5.41) is 3.04. The second kappa shape index (κ2) is 9.16. The Labute approximate surface area is 163 Å². The number of hydrogen-bond acceptors (Lipinski definition) is 5. The Morgan fingerprint density at radius 2 is 1.86 bits per heavy atom. The SMILES string of the molecule is CCOC(=O)N1CCN(C(=O)c2ccnc(NCc3ccccc3F)c2)CC1. The van der Waals surface area contributed by atoms with Crippen LogP contribution < -0.4 is 5.32 Å². The molecule has 3 rings (SSSR count). The van der Waals surface area contributed by atoms with E-state index in [-0.39, 0.29) is 24.4 Å². The lowest BCUT2D eigenvalue weighted by Gasteiger charge is -2.34. The summed E-state index contributed by atoms with van der Waals surface area (Å²) in [5.41, 5.74) is 1.02. The van der Waals surface area contributed by atoms with Gasteiger partial charge in [0.2, 0.25) is 0 Å². The number of carbonyl (C=O) groups is 2. The van der Waals surface area contributed by atoms with E-state index in [9.17, 15) is 14.0 Å². The molecule has 2 amide bonds. The van der Waals surface area contributed by atoms with Gasteiger partial charge in [-0.3, -0.25) is 4.79 Å². The van der Waals surface area contributed by atoms with Crippen LogP contribution in [0.15, 0.2) is 42.6 Å². The first-order valence-corrected chi connectivity index (χ1v) is 9.22. The van der Waals surface area contributed by atoms with Crippen molar-refractivity contribution in [2.24, 2.45) is 0 Å². The molecule has 1 aliphatic rings. The zero-order valence-corrected chi connectivity index (χ0v) is 15.7. The summed E-state index contributed by atoms with van der Waals surface area (Å²) in [6.07, 6.45) is 1.20. The number of benzene rings is 1. The van der Waals surface area contributed by atoms with Gasteiger partial charge in [0.1, 0.15) is 11.6 Å². The number of aromatic nitrogens is 1. The topological polar surface area (TPSA) is 74.8 Å². The predicted octanol–water partition coefficient (Wildman–Crippen LogP) is 2.75. The van der Waals surface area contributed by atoms with Crippen molar-refractivity contribution in [2.75, 3.05) is 38.1 Å². The van der Waals surface area contributed by atoms with Crippen LogP contribution >= 0.6 is 0 Å². The Morgan fingerprint density at radius 3 is 2.57 bits per heavy atom. The van der Waals surface area contributed by atoms with Crippen LogP contribution in [0.3, 0.4) is 0 Å². The van der Waals surface area contributed by atoms with E-state index in [1.165, 1.54) is 6.07 Å². The lowest BCUT2D eigenvalue weighted by Crippen LogP contribution is -2.50. The Kier molecular flexibility index (Phi) is 6.41. The number of anilines is 1. The molecule has 28 heavy (non-hydrogen) atoms. The van der Waals surface area contributed by atoms with Crippen LogP contribution in [0, 0.1) is 5.82 Å². The smallest absolute Gasteiger partial charge is 0.409 e. The molecular formula is C20H23FN4O3. The monoisotopic (exact) mass is 386 g/mol. The van der Waals surface area contributed by atoms with Crippen molar-refractivity contribution < 1.29 is 18.7 Å². The van der Waals surface area contributed by atoms with Crippen LogP contribution in [0.25, 0.3) is 0 Å². The number of pyridine rings is 1. The lowest BCUT2D eigenvalue weighted by atomic mass is 10.2. The summed E-state index contributed by atoms with van der Waals surface area (Å²) < 4.78 is 18.7. The number of nitrogens with one attached hydrogen (secondary N) is 1. The van der Waals surface area contributed by atoms with E-state index in [0.29, 0.717) is 49.7 Å². The summed E-state index contributed by atoms with van der Waals surface area (Å²) in [5.74, 6) is 0.0841. The maximum Gasteiger partial charge on any atom is 0.409 e. The summed E-state index contributed by atoms with van der Waals surface area (Å²) in [6, 6.07) is 9.80. The number of piperazine rings is 1. The van der Waals surface area contributed by atoms with E-state index >= 15 is 0 Å². The molecule has 2 heterocycles. The summed E-state index contributed by atoms with van der Waals surface area (Å²) in [6.45, 7) is 4.13. The first-order valence-electron chi connectivity index (χ1n) is 9.22. The molecule has 1 aromatic heterocycles. The van der Waals surface area contributed by atoms with Gasteiger partial charge in [-0.05, 0) is 25.1 Å². The number of amides is 2. The zero-order valence-electron chi connectivity index (χ0n) is 15.7. The number of ether oxygens (including phenoxy) is 1. The summed E-state index contributed by atoms with van der Waals surface area (Å²) >= 11 is 0. The first-order chi connectivity index (χ1) is 13.6. The third-order valence-corrected chi connectivity index (χ3v) is 4.52. The third kappa shape index (κ3) is 4.76. The molecule has 0 radical (unpaired) electrons. The van der Waals surface area contributed by atoms with E-state index in [1.54, 1.807) is 53.3 Å². The van der Waals surface area contributed by atoms with Crippen molar-refractivity contribution in [1.82, 2.24) is 14.8 Å². The van der Waals surface area contributed by atoms with E-state index in [1.807, 2.05) is 0 Å². The van der Waals surface area contributed by atoms with Crippen LogP contribution in [0.4, 0.5) is 15.0 Å². The van der Waals surface area contributed by atoms with Gasteiger partial charge in [0, 0.05) is 50.0 Å². The molecule has 0 atom stereocenters. The van der Waals surface area contributed by atoms with Gasteiger partial charge in [-0.15, -0.1) is 0 Å². The first kappa shape index (κ1) is 19.6. The highest BCUT2D eigenvalue weighted by Gasteiger charge is 2.25. The minimum atomic E-state index is -0.349. The molecule has 0 aliphatic carbocycles. The fraction of sp³-hybridized carbons (Fsp3) is 0.350. The quantitative estimate of drug-likeness (QED) is 0.855. The molecule has 1 aromatic carbocycles. The maximum atomic E-state index is 13.7. The largest absolute Gasteiger partial charge is 0.450 e. The standard InChI is InChI=1S/C20H23FN4O3/c1-2-28-20(27)25-11-9-24(10-12-25)19(26)15-7-8-22-18(13-15)23-14-16-5-3-4-6-17(16)21/h3-8,13H,2,9-12,14H2,1H3,(H,22,23). The fourth-order valence-electron chi connectivity index (χ4n) is 2.98. The van der Waals surface area contributed by atoms with E-state index in [0.717, 1.165) is 0 Å². The van der Waals surface area contributed by atoms with Crippen molar-refractivity contribution in [2.45, 2.75) is 13.5 Å². The molecule has 0 saturated carbocycles. The van der Waals surface area contributed by atoms with Gasteiger partial charge in [-0.2, -0.15) is 0 Å². The molecule has 148 valence electrons. The van der Waals surface area contributed by atoms with Crippen molar-refractivity contribution >= 4 is 17.8 Å². The maximum absolute atomic E-state index is 13.7. The molecule has 1 N–H and O–H groups in total. The highest BCUT2D eigenvalue weighted by molar-refractivity contribution is 5.95. The van der Waals surface area contributed by atoms with Crippen LogP contribution in [0.5, 0.6) is 0 Å². The van der Waals surface area contributed by atoms with Crippen LogP contribution in [0.2, 0.25) is 0 Å². The van der Waals surface area contributed by atoms with Gasteiger partial charge in [0.25, 0.3) is 5.91 Å². The Balaban J connectivity index is 1.58. The minimum Gasteiger partial charge on any atom is -0.450 e. The van der Waals surface area contributed by atoms with Crippen LogP contribution in [-0.2, 0) is 11.3 Å². The number of carbonyl (C=O) groups excluding carboxylic acids is 2. The molecular weight excluding hydrogens is 363 g/mol. The van der Waals surface area contributed by atoms with Crippen molar-refractivity contribution in [3.8, 4) is 0 Å². The molecule has 0 unspecified atom stereocenters. The number of nitrogens with zero attached hydrogens (tertiary/aromatic N) is 3. The summed E-state index contributed by atoms with van der Waals surface area (Å²) in [4.78, 5) is 32.0. The Morgan fingerprint density at radius 1 is 1.14 bits per heavy atom. The fourth-order valence-corrected chi connectivity index (χ4v) is 2.98. The zero-order chi connectivity index (χ0) is 19.9. The second-order valence-corrected chi connectivity index (χ2v) is 6.35. The van der Waals surface area contributed by atoms with Gasteiger partial charge in [0.05, 0.1) is 6.61 Å². The van der Waals surface area contributed by atoms with Gasteiger partial charge in [-0.1, -0.05) is 18.2 Å². The Hall–Kier alpha value is -3.16. The average Bonchev–Trinajstić information content (AvgIpc) is 2.73. The van der Waals surface area contributed by atoms with Crippen molar-refractivity contribution in [1.29, 1.82) is 0 Å². The highest BCUT2D eigenvalue weighted by Crippen LogP contribution is 2.14. The molecule has 1 saturated heterocycles. The van der Waals surface area contributed by atoms with Gasteiger partial charge in [-0.25, -0.2) is 14.2 Å².